The van der Waals surface area contributed by atoms with E-state index in [-0.39, 0.29) is 0 Å². The van der Waals surface area contributed by atoms with Crippen molar-refractivity contribution in [2.24, 2.45) is 5.92 Å². The Morgan fingerprint density at radius 2 is 2.15 bits per heavy atom. The molecular formula is C21H30ClN3O. The summed E-state index contributed by atoms with van der Waals surface area (Å²) in [6, 6.07) is 4.14. The van der Waals surface area contributed by atoms with Gasteiger partial charge in [0.1, 0.15) is 5.75 Å². The van der Waals surface area contributed by atoms with Crippen molar-refractivity contribution in [3.63, 3.8) is 0 Å². The average Bonchev–Trinajstić information content (AvgIpc) is 3.01. The van der Waals surface area contributed by atoms with Gasteiger partial charge in [-0.1, -0.05) is 31.4 Å². The average molecular weight is 376 g/mol. The van der Waals surface area contributed by atoms with Gasteiger partial charge in [-0.05, 0) is 63.4 Å². The number of rotatable bonds is 9. The highest BCUT2D eigenvalue weighted by atomic mass is 35.5. The molecule has 142 valence electrons. The summed E-state index contributed by atoms with van der Waals surface area (Å²) < 4.78 is 6.02. The van der Waals surface area contributed by atoms with E-state index in [4.69, 9.17) is 16.3 Å². The quantitative estimate of drug-likeness (QED) is 0.633. The van der Waals surface area contributed by atoms with Gasteiger partial charge < -0.3 is 9.64 Å². The van der Waals surface area contributed by atoms with Crippen LogP contribution in [0, 0.1) is 12.8 Å². The van der Waals surface area contributed by atoms with Gasteiger partial charge in [0.2, 0.25) is 0 Å². The molecule has 3 rings (SSSR count). The summed E-state index contributed by atoms with van der Waals surface area (Å²) in [5, 5.41) is 8.10. The molecule has 1 fully saturated rings. The Morgan fingerprint density at radius 3 is 2.81 bits per heavy atom. The fourth-order valence-electron chi connectivity index (χ4n) is 3.40. The molecule has 1 aliphatic rings. The van der Waals surface area contributed by atoms with E-state index in [1.165, 1.54) is 37.7 Å². The summed E-state index contributed by atoms with van der Waals surface area (Å²) in [7, 11) is 2.15. The number of ether oxygens (including phenoxy) is 1. The molecule has 1 aliphatic carbocycles. The number of aromatic amines is 1. The van der Waals surface area contributed by atoms with E-state index in [0.717, 1.165) is 42.3 Å². The molecule has 0 saturated heterocycles. The molecule has 0 radical (unpaired) electrons. The molecule has 0 unspecified atom stereocenters. The van der Waals surface area contributed by atoms with Crippen molar-refractivity contribution in [2.75, 3.05) is 20.2 Å². The van der Waals surface area contributed by atoms with Gasteiger partial charge in [-0.2, -0.15) is 5.10 Å². The standard InChI is InChI=1S/C21H30ClN3O/c1-4-5-9-25(3)13-18-12-23-24-20(18)17-10-15(2)21(19(22)11-17)26-14-16-7-6-8-16/h10-12,16H,4-9,13-14H2,1-3H3,(H,23,24). The van der Waals surface area contributed by atoms with E-state index < -0.39 is 0 Å². The molecule has 1 aromatic heterocycles. The highest BCUT2D eigenvalue weighted by molar-refractivity contribution is 6.32. The monoisotopic (exact) mass is 375 g/mol. The number of benzene rings is 1. The third-order valence-corrected chi connectivity index (χ3v) is 5.54. The van der Waals surface area contributed by atoms with Crippen molar-refractivity contribution >= 4 is 11.6 Å². The van der Waals surface area contributed by atoms with Crippen LogP contribution in [0.15, 0.2) is 18.3 Å². The Kier molecular flexibility index (Phi) is 6.60. The maximum atomic E-state index is 6.55. The molecule has 4 nitrogen and oxygen atoms in total. The first-order valence-corrected chi connectivity index (χ1v) is 10.1. The van der Waals surface area contributed by atoms with Crippen LogP contribution < -0.4 is 4.74 Å². The number of H-pyrrole nitrogens is 1. The Hall–Kier alpha value is -1.52. The highest BCUT2D eigenvalue weighted by Crippen LogP contribution is 2.36. The lowest BCUT2D eigenvalue weighted by Crippen LogP contribution is -2.19. The van der Waals surface area contributed by atoms with E-state index in [1.807, 2.05) is 12.3 Å². The molecule has 0 atom stereocenters. The minimum atomic E-state index is 0.680. The second-order valence-electron chi connectivity index (χ2n) is 7.57. The molecule has 26 heavy (non-hydrogen) atoms. The van der Waals surface area contributed by atoms with Gasteiger partial charge in [0, 0.05) is 17.7 Å². The first-order chi connectivity index (χ1) is 12.6. The molecule has 1 N–H and O–H groups in total. The van der Waals surface area contributed by atoms with Gasteiger partial charge in [0.15, 0.2) is 0 Å². The Labute approximate surface area is 161 Å². The van der Waals surface area contributed by atoms with Crippen LogP contribution in [0.3, 0.4) is 0 Å². The fourth-order valence-corrected chi connectivity index (χ4v) is 3.72. The zero-order chi connectivity index (χ0) is 18.5. The summed E-state index contributed by atoms with van der Waals surface area (Å²) in [6.07, 6.45) is 8.22. The van der Waals surface area contributed by atoms with Crippen LogP contribution in [0.4, 0.5) is 0 Å². The van der Waals surface area contributed by atoms with E-state index in [1.54, 1.807) is 0 Å². The summed E-state index contributed by atoms with van der Waals surface area (Å²) in [4.78, 5) is 2.34. The number of nitrogens with zero attached hydrogens (tertiary/aromatic N) is 2. The van der Waals surface area contributed by atoms with Gasteiger partial charge >= 0.3 is 0 Å². The first-order valence-electron chi connectivity index (χ1n) is 9.72. The van der Waals surface area contributed by atoms with Crippen LogP contribution in [-0.2, 0) is 6.54 Å². The maximum absolute atomic E-state index is 6.55. The number of hydrogen-bond acceptors (Lipinski definition) is 3. The summed E-state index contributed by atoms with van der Waals surface area (Å²) in [5.41, 5.74) is 4.39. The molecular weight excluding hydrogens is 346 g/mol. The van der Waals surface area contributed by atoms with E-state index in [9.17, 15) is 0 Å². The van der Waals surface area contributed by atoms with Crippen molar-refractivity contribution in [3.8, 4) is 17.0 Å². The van der Waals surface area contributed by atoms with Crippen molar-refractivity contribution in [2.45, 2.75) is 52.5 Å². The lowest BCUT2D eigenvalue weighted by molar-refractivity contribution is 0.180. The Bertz CT molecular complexity index is 701. The predicted molar refractivity (Wildman–Crippen MR) is 108 cm³/mol. The topological polar surface area (TPSA) is 41.2 Å². The van der Waals surface area contributed by atoms with E-state index in [0.29, 0.717) is 10.9 Å². The SMILES string of the molecule is CCCCN(C)Cc1cn[nH]c1-c1cc(C)c(OCC2CCC2)c(Cl)c1. The fraction of sp³-hybridized carbons (Fsp3) is 0.571. The van der Waals surface area contributed by atoms with Crippen LogP contribution in [0.25, 0.3) is 11.3 Å². The normalized spacial score (nSPS) is 14.7. The zero-order valence-electron chi connectivity index (χ0n) is 16.1. The minimum Gasteiger partial charge on any atom is -0.491 e. The number of halogens is 1. The molecule has 5 heteroatoms. The van der Waals surface area contributed by atoms with Gasteiger partial charge in [0.05, 0.1) is 23.5 Å². The smallest absolute Gasteiger partial charge is 0.140 e. The lowest BCUT2D eigenvalue weighted by atomic mass is 9.86. The first kappa shape index (κ1) is 19.2. The van der Waals surface area contributed by atoms with E-state index >= 15 is 0 Å². The molecule has 1 aromatic carbocycles. The van der Waals surface area contributed by atoms with Crippen molar-refractivity contribution in [1.82, 2.24) is 15.1 Å². The lowest BCUT2D eigenvalue weighted by Gasteiger charge is -2.26. The second kappa shape index (κ2) is 8.92. The largest absolute Gasteiger partial charge is 0.491 e. The number of aromatic nitrogens is 2. The number of nitrogens with one attached hydrogen (secondary N) is 1. The van der Waals surface area contributed by atoms with Gasteiger partial charge in [-0.25, -0.2) is 0 Å². The Balaban J connectivity index is 1.74. The third kappa shape index (κ3) is 4.60. The van der Waals surface area contributed by atoms with Crippen LogP contribution >= 0.6 is 11.6 Å². The van der Waals surface area contributed by atoms with Gasteiger partial charge in [0.25, 0.3) is 0 Å². The molecule has 0 spiro atoms. The summed E-state index contributed by atoms with van der Waals surface area (Å²) >= 11 is 6.55. The molecule has 1 heterocycles. The highest BCUT2D eigenvalue weighted by Gasteiger charge is 2.20. The summed E-state index contributed by atoms with van der Waals surface area (Å²) in [6.45, 7) is 7.03. The minimum absolute atomic E-state index is 0.680. The van der Waals surface area contributed by atoms with Crippen molar-refractivity contribution in [3.05, 3.63) is 34.5 Å². The molecule has 0 amide bonds. The number of unbranched alkanes of at least 4 members (excludes halogenated alkanes) is 1. The maximum Gasteiger partial charge on any atom is 0.140 e. The van der Waals surface area contributed by atoms with Crippen LogP contribution in [0.1, 0.15) is 50.2 Å². The molecule has 0 bridgehead atoms. The zero-order valence-corrected chi connectivity index (χ0v) is 16.9. The number of aryl methyl sites for hydroxylation is 1. The van der Waals surface area contributed by atoms with Gasteiger partial charge in [-0.3, -0.25) is 5.10 Å². The summed E-state index contributed by atoms with van der Waals surface area (Å²) in [5.74, 6) is 1.52. The molecule has 2 aromatic rings. The van der Waals surface area contributed by atoms with Crippen LogP contribution in [0.5, 0.6) is 5.75 Å². The van der Waals surface area contributed by atoms with Crippen molar-refractivity contribution < 1.29 is 4.74 Å². The van der Waals surface area contributed by atoms with Crippen LogP contribution in [0.2, 0.25) is 5.02 Å². The van der Waals surface area contributed by atoms with Crippen LogP contribution in [-0.4, -0.2) is 35.3 Å². The molecule has 0 aliphatic heterocycles. The van der Waals surface area contributed by atoms with Gasteiger partial charge in [-0.15, -0.1) is 0 Å². The van der Waals surface area contributed by atoms with Crippen molar-refractivity contribution in [1.29, 1.82) is 0 Å². The Morgan fingerprint density at radius 1 is 1.35 bits per heavy atom. The van der Waals surface area contributed by atoms with E-state index in [2.05, 4.69) is 42.1 Å². The second-order valence-corrected chi connectivity index (χ2v) is 7.98. The molecule has 1 saturated carbocycles. The third-order valence-electron chi connectivity index (χ3n) is 5.26. The predicted octanol–water partition coefficient (Wildman–Crippen LogP) is 5.45. The number of hydrogen-bond donors (Lipinski definition) is 1.